The van der Waals surface area contributed by atoms with Crippen LogP contribution in [0.2, 0.25) is 8.35 Å². The molecule has 164 valence electrons. The summed E-state index contributed by atoms with van der Waals surface area (Å²) in [4.78, 5) is 0. The Morgan fingerprint density at radius 1 is 0.677 bits per heavy atom. The van der Waals surface area contributed by atoms with Gasteiger partial charge in [0.15, 0.2) is 0 Å². The molecule has 0 saturated carbocycles. The van der Waals surface area contributed by atoms with E-state index in [2.05, 4.69) is 74.5 Å². The van der Waals surface area contributed by atoms with Crippen molar-refractivity contribution in [1.29, 1.82) is 0 Å². The Balaban J connectivity index is 0.00000136. The second kappa shape index (κ2) is 10.5. The first-order valence-electron chi connectivity index (χ1n) is 11.9. The minimum atomic E-state index is -2.56. The fourth-order valence-electron chi connectivity index (χ4n) is 6.22. The molecule has 2 atom stereocenters. The zero-order valence-corrected chi connectivity index (χ0v) is 23.9. The first-order chi connectivity index (χ1) is 14.3. The van der Waals surface area contributed by atoms with Gasteiger partial charge in [0.05, 0.1) is 0 Å². The van der Waals surface area contributed by atoms with Crippen LogP contribution >= 0.6 is 0 Å². The van der Waals surface area contributed by atoms with Crippen molar-refractivity contribution in [3.63, 3.8) is 0 Å². The van der Waals surface area contributed by atoms with Crippen molar-refractivity contribution in [3.05, 3.63) is 81.9 Å². The molecular weight excluding hydrogens is 586 g/mol. The molecule has 0 bridgehead atoms. The fourth-order valence-corrected chi connectivity index (χ4v) is 34.4. The Morgan fingerprint density at radius 3 is 1.48 bits per heavy atom. The number of hydrogen-bond acceptors (Lipinski definition) is 0. The minimum Gasteiger partial charge on any atom is -1.00 e. The number of hydrogen-bond donors (Lipinski definition) is 0. The zero-order valence-electron chi connectivity index (χ0n) is 18.8. The van der Waals surface area contributed by atoms with Gasteiger partial charge in [0.1, 0.15) is 0 Å². The van der Waals surface area contributed by atoms with Gasteiger partial charge >= 0.3 is 182 Å². The molecule has 0 N–H and O–H groups in total. The van der Waals surface area contributed by atoms with E-state index in [1.54, 1.807) is 30.6 Å². The predicted octanol–water partition coefficient (Wildman–Crippen LogP) is 2.66. The Hall–Kier alpha value is -0.630. The summed E-state index contributed by atoms with van der Waals surface area (Å²) in [5.74, 6) is 0. The quantitative estimate of drug-likeness (QED) is 0.399. The molecule has 1 aliphatic heterocycles. The maximum absolute atomic E-state index is 2.60. The number of halogens is 2. The summed E-state index contributed by atoms with van der Waals surface area (Å²) >= 11 is -2.56. The Labute approximate surface area is 205 Å². The maximum atomic E-state index is 2.60. The van der Waals surface area contributed by atoms with Gasteiger partial charge in [-0.05, 0) is 0 Å². The zero-order chi connectivity index (χ0) is 19.8. The van der Waals surface area contributed by atoms with Gasteiger partial charge in [-0.25, -0.2) is 0 Å². The summed E-state index contributed by atoms with van der Waals surface area (Å²) in [7, 11) is 0. The molecule has 0 nitrogen and oxygen atoms in total. The first kappa shape index (κ1) is 25.0. The molecule has 5 rings (SSSR count). The maximum Gasteiger partial charge on any atom is -1.00 e. The summed E-state index contributed by atoms with van der Waals surface area (Å²) < 4.78 is 4.87. The summed E-state index contributed by atoms with van der Waals surface area (Å²) in [6.45, 7) is 4.68. The van der Waals surface area contributed by atoms with Crippen molar-refractivity contribution in [2.45, 2.75) is 68.1 Å². The van der Waals surface area contributed by atoms with Crippen LogP contribution in [0.15, 0.2) is 59.7 Å². The van der Waals surface area contributed by atoms with E-state index in [9.17, 15) is 0 Å². The average molecular weight is 620 g/mol. The summed E-state index contributed by atoms with van der Waals surface area (Å²) in [5, 5.41) is 0. The van der Waals surface area contributed by atoms with Gasteiger partial charge in [0.2, 0.25) is 0 Å². The predicted molar refractivity (Wildman–Crippen MR) is 123 cm³/mol. The molecule has 2 aromatic rings. The van der Waals surface area contributed by atoms with Gasteiger partial charge in [-0.3, -0.25) is 0 Å². The van der Waals surface area contributed by atoms with Crippen molar-refractivity contribution in [3.8, 4) is 0 Å². The van der Waals surface area contributed by atoms with Crippen molar-refractivity contribution < 1.29 is 44.8 Å². The number of benzene rings is 2. The number of allylic oxidation sites excluding steroid dienone is 2. The first-order valence-corrected chi connectivity index (χ1v) is 21.1. The third-order valence-electron chi connectivity index (χ3n) is 7.65. The summed E-state index contributed by atoms with van der Waals surface area (Å²) in [5.41, 5.74) is 10.1. The van der Waals surface area contributed by atoms with Crippen LogP contribution in [0.4, 0.5) is 0 Å². The van der Waals surface area contributed by atoms with Crippen LogP contribution in [0.5, 0.6) is 0 Å². The molecular formula is C28H34Cl2Hf. The molecule has 3 heteroatoms. The van der Waals surface area contributed by atoms with Crippen LogP contribution in [-0.4, -0.2) is 0 Å². The molecule has 0 aromatic heterocycles. The van der Waals surface area contributed by atoms with E-state index in [-0.39, 0.29) is 24.8 Å². The van der Waals surface area contributed by atoms with Crippen LogP contribution in [0.3, 0.4) is 0 Å². The molecule has 3 aliphatic rings. The van der Waals surface area contributed by atoms with E-state index in [0.717, 1.165) is 7.35 Å². The van der Waals surface area contributed by atoms with E-state index < -0.39 is 20.0 Å². The Kier molecular flexibility index (Phi) is 8.50. The van der Waals surface area contributed by atoms with Crippen LogP contribution in [0.25, 0.3) is 12.2 Å². The van der Waals surface area contributed by atoms with E-state index in [4.69, 9.17) is 0 Å². The topological polar surface area (TPSA) is 0 Å². The normalized spacial score (nSPS) is 20.8. The number of fused-ring (bicyclic) bond motifs is 2. The van der Waals surface area contributed by atoms with Crippen LogP contribution < -0.4 is 24.8 Å². The van der Waals surface area contributed by atoms with Crippen LogP contribution in [0, 0.1) is 0 Å². The SMILES string of the molecule is CCCCC1=Cc2ccccc2[CH]1[Hf+2]1([CH]2C(CCCC)=Cc3ccccc32)[CH2][CH2]1.[Cl-].[Cl-]. The van der Waals surface area contributed by atoms with E-state index in [0.29, 0.717) is 0 Å². The van der Waals surface area contributed by atoms with Gasteiger partial charge in [0, 0.05) is 0 Å². The van der Waals surface area contributed by atoms with E-state index in [1.807, 2.05) is 11.1 Å². The van der Waals surface area contributed by atoms with Crippen molar-refractivity contribution in [2.75, 3.05) is 0 Å². The van der Waals surface area contributed by atoms with Crippen molar-refractivity contribution >= 4 is 12.2 Å². The van der Waals surface area contributed by atoms with Crippen LogP contribution in [0.1, 0.15) is 82.0 Å². The van der Waals surface area contributed by atoms with Crippen molar-refractivity contribution in [1.82, 2.24) is 0 Å². The molecule has 1 saturated heterocycles. The Bertz CT molecular complexity index is 895. The average Bonchev–Trinajstić information content (AvgIpc) is 3.30. The molecule has 0 radical (unpaired) electrons. The standard InChI is InChI=1S/2C13H15.C2H4.2ClH.Hf/c2*1-2-3-6-11-9-12-7-4-5-8-13(12)10-11;1-2;;;/h2*4-5,7-10H,2-3,6H2,1H3;1-2H2;2*1H;/q;;;;;+2/p-2. The molecule has 1 fully saturated rings. The van der Waals surface area contributed by atoms with Gasteiger partial charge < -0.3 is 24.8 Å². The second-order valence-corrected chi connectivity index (χ2v) is 26.1. The van der Waals surface area contributed by atoms with Crippen molar-refractivity contribution in [2.24, 2.45) is 0 Å². The van der Waals surface area contributed by atoms with Gasteiger partial charge in [0.25, 0.3) is 0 Å². The smallest absolute Gasteiger partial charge is 1.00 e. The van der Waals surface area contributed by atoms with E-state index >= 15 is 0 Å². The van der Waals surface area contributed by atoms with Gasteiger partial charge in [-0.15, -0.1) is 0 Å². The van der Waals surface area contributed by atoms with E-state index in [1.165, 1.54) is 38.5 Å². The third-order valence-corrected chi connectivity index (χ3v) is 26.8. The van der Waals surface area contributed by atoms with Gasteiger partial charge in [-0.1, -0.05) is 0 Å². The second-order valence-electron chi connectivity index (χ2n) is 9.50. The van der Waals surface area contributed by atoms with Gasteiger partial charge in [-0.2, -0.15) is 0 Å². The Morgan fingerprint density at radius 2 is 1.10 bits per heavy atom. The molecule has 1 heterocycles. The summed E-state index contributed by atoms with van der Waals surface area (Å²) in [6, 6.07) is 18.8. The fraction of sp³-hybridized carbons (Fsp3) is 0.429. The molecule has 2 aliphatic carbocycles. The summed E-state index contributed by atoms with van der Waals surface area (Å²) in [6.07, 6.45) is 13.1. The minimum absolute atomic E-state index is 0. The largest absolute Gasteiger partial charge is 1.00 e. The molecule has 0 spiro atoms. The molecule has 0 amide bonds. The molecule has 2 aromatic carbocycles. The molecule has 2 unspecified atom stereocenters. The molecule has 31 heavy (non-hydrogen) atoms. The third kappa shape index (κ3) is 4.44. The van der Waals surface area contributed by atoms with Crippen LogP contribution in [-0.2, 0) is 20.0 Å². The number of unbranched alkanes of at least 4 members (excludes halogenated alkanes) is 2. The number of rotatable bonds is 8. The monoisotopic (exact) mass is 620 g/mol.